The standard InChI is InChI=1S/C16H34N2S/c1-7-14(8-2)18(12-13(3)4)11-9-10-16(5,6)15(17)19/h13-14H,7-12H2,1-6H3,(H2,17,19). The summed E-state index contributed by atoms with van der Waals surface area (Å²) in [5, 5.41) is 0. The SMILES string of the molecule is CCC(CC)N(CCCC(C)(C)C(N)=S)CC(C)C. The zero-order valence-electron chi connectivity index (χ0n) is 13.8. The summed E-state index contributed by atoms with van der Waals surface area (Å²) in [5.41, 5.74) is 5.79. The van der Waals surface area contributed by atoms with Crippen LogP contribution in [0.2, 0.25) is 0 Å². The smallest absolute Gasteiger partial charge is 0.0784 e. The van der Waals surface area contributed by atoms with E-state index < -0.39 is 0 Å². The van der Waals surface area contributed by atoms with Gasteiger partial charge in [-0.25, -0.2) is 0 Å². The Morgan fingerprint density at radius 3 is 2.11 bits per heavy atom. The second kappa shape index (κ2) is 8.91. The Balaban J connectivity index is 4.38. The van der Waals surface area contributed by atoms with Gasteiger partial charge in [0.2, 0.25) is 0 Å². The highest BCUT2D eigenvalue weighted by atomic mass is 32.1. The van der Waals surface area contributed by atoms with Crippen LogP contribution >= 0.6 is 12.2 Å². The molecule has 0 bridgehead atoms. The molecule has 0 aromatic rings. The van der Waals surface area contributed by atoms with E-state index in [1.165, 1.54) is 25.8 Å². The van der Waals surface area contributed by atoms with E-state index >= 15 is 0 Å². The second-order valence-electron chi connectivity index (χ2n) is 6.71. The molecule has 2 nitrogen and oxygen atoms in total. The van der Waals surface area contributed by atoms with Crippen molar-refractivity contribution in [1.29, 1.82) is 0 Å². The van der Waals surface area contributed by atoms with E-state index in [1.54, 1.807) is 0 Å². The molecule has 0 atom stereocenters. The van der Waals surface area contributed by atoms with E-state index in [2.05, 4.69) is 46.4 Å². The van der Waals surface area contributed by atoms with Gasteiger partial charge in [0.15, 0.2) is 0 Å². The van der Waals surface area contributed by atoms with Crippen LogP contribution < -0.4 is 5.73 Å². The molecule has 2 N–H and O–H groups in total. The first-order valence-corrected chi connectivity index (χ1v) is 8.19. The number of hydrogen-bond donors (Lipinski definition) is 1. The van der Waals surface area contributed by atoms with Crippen molar-refractivity contribution in [2.75, 3.05) is 13.1 Å². The fraction of sp³-hybridized carbons (Fsp3) is 0.938. The third-order valence-electron chi connectivity index (χ3n) is 3.97. The molecule has 3 heteroatoms. The molecule has 114 valence electrons. The van der Waals surface area contributed by atoms with E-state index in [1.807, 2.05) is 0 Å². The molecule has 0 fully saturated rings. The fourth-order valence-corrected chi connectivity index (χ4v) is 2.65. The van der Waals surface area contributed by atoms with Gasteiger partial charge in [-0.15, -0.1) is 0 Å². The first kappa shape index (κ1) is 18.9. The molecule has 0 saturated heterocycles. The molecule has 0 aromatic heterocycles. The fourth-order valence-electron chi connectivity index (χ4n) is 2.54. The Bertz CT molecular complexity index is 257. The molecular weight excluding hydrogens is 252 g/mol. The molecule has 0 rings (SSSR count). The highest BCUT2D eigenvalue weighted by Gasteiger charge is 2.22. The van der Waals surface area contributed by atoms with Crippen molar-refractivity contribution in [3.8, 4) is 0 Å². The zero-order valence-corrected chi connectivity index (χ0v) is 14.6. The lowest BCUT2D eigenvalue weighted by molar-refractivity contribution is 0.159. The normalized spacial score (nSPS) is 12.7. The van der Waals surface area contributed by atoms with Gasteiger partial charge >= 0.3 is 0 Å². The third-order valence-corrected chi connectivity index (χ3v) is 4.53. The second-order valence-corrected chi connectivity index (χ2v) is 7.15. The minimum atomic E-state index is -0.00718. The molecule has 0 unspecified atom stereocenters. The first-order chi connectivity index (χ1) is 8.74. The van der Waals surface area contributed by atoms with Gasteiger partial charge in [-0.05, 0) is 38.1 Å². The number of nitrogens with two attached hydrogens (primary N) is 1. The van der Waals surface area contributed by atoms with Gasteiger partial charge in [-0.1, -0.05) is 53.8 Å². The van der Waals surface area contributed by atoms with Crippen LogP contribution in [0.4, 0.5) is 0 Å². The summed E-state index contributed by atoms with van der Waals surface area (Å²) in [6.07, 6.45) is 4.73. The maximum Gasteiger partial charge on any atom is 0.0784 e. The van der Waals surface area contributed by atoms with Crippen molar-refractivity contribution in [3.63, 3.8) is 0 Å². The van der Waals surface area contributed by atoms with Crippen molar-refractivity contribution in [2.45, 2.75) is 73.3 Å². The van der Waals surface area contributed by atoms with Crippen LogP contribution in [-0.4, -0.2) is 29.0 Å². The van der Waals surface area contributed by atoms with Crippen LogP contribution in [0.3, 0.4) is 0 Å². The average Bonchev–Trinajstić information content (AvgIpc) is 2.29. The summed E-state index contributed by atoms with van der Waals surface area (Å²) in [5.74, 6) is 0.726. The monoisotopic (exact) mass is 286 g/mol. The van der Waals surface area contributed by atoms with E-state index in [4.69, 9.17) is 18.0 Å². The van der Waals surface area contributed by atoms with Crippen molar-refractivity contribution in [2.24, 2.45) is 17.1 Å². The Labute approximate surface area is 126 Å². The molecule has 0 saturated carbocycles. The number of rotatable bonds is 10. The molecular formula is C16H34N2S. The Morgan fingerprint density at radius 1 is 1.21 bits per heavy atom. The predicted octanol–water partition coefficient (Wildman–Crippen LogP) is 4.23. The Morgan fingerprint density at radius 2 is 1.74 bits per heavy atom. The predicted molar refractivity (Wildman–Crippen MR) is 90.6 cm³/mol. The topological polar surface area (TPSA) is 29.3 Å². The summed E-state index contributed by atoms with van der Waals surface area (Å²) in [6.45, 7) is 15.8. The van der Waals surface area contributed by atoms with Gasteiger partial charge in [0.25, 0.3) is 0 Å². The Hall–Kier alpha value is -0.150. The van der Waals surface area contributed by atoms with Gasteiger partial charge in [0.1, 0.15) is 0 Å². The lowest BCUT2D eigenvalue weighted by atomic mass is 9.87. The first-order valence-electron chi connectivity index (χ1n) is 7.78. The molecule has 19 heavy (non-hydrogen) atoms. The van der Waals surface area contributed by atoms with Crippen LogP contribution in [0.5, 0.6) is 0 Å². The number of hydrogen-bond acceptors (Lipinski definition) is 2. The molecule has 0 aliphatic heterocycles. The highest BCUT2D eigenvalue weighted by molar-refractivity contribution is 7.80. The van der Waals surface area contributed by atoms with Crippen LogP contribution in [0.1, 0.15) is 67.2 Å². The summed E-state index contributed by atoms with van der Waals surface area (Å²) >= 11 is 5.14. The van der Waals surface area contributed by atoms with E-state index in [9.17, 15) is 0 Å². The van der Waals surface area contributed by atoms with Crippen molar-refractivity contribution >= 4 is 17.2 Å². The molecule has 0 aliphatic rings. The van der Waals surface area contributed by atoms with Crippen LogP contribution in [-0.2, 0) is 0 Å². The maximum absolute atomic E-state index is 5.80. The number of nitrogens with zero attached hydrogens (tertiary/aromatic N) is 1. The highest BCUT2D eigenvalue weighted by Crippen LogP contribution is 2.23. The molecule has 0 amide bonds. The summed E-state index contributed by atoms with van der Waals surface area (Å²) in [6, 6.07) is 0.718. The largest absolute Gasteiger partial charge is 0.393 e. The van der Waals surface area contributed by atoms with E-state index in [0.29, 0.717) is 4.99 Å². The number of thiocarbonyl (C=S) groups is 1. The molecule has 0 spiro atoms. The minimum Gasteiger partial charge on any atom is -0.393 e. The van der Waals surface area contributed by atoms with Gasteiger partial charge in [-0.2, -0.15) is 0 Å². The molecule has 0 radical (unpaired) electrons. The van der Waals surface area contributed by atoms with Gasteiger partial charge in [0, 0.05) is 18.0 Å². The van der Waals surface area contributed by atoms with Crippen molar-refractivity contribution in [1.82, 2.24) is 4.90 Å². The quantitative estimate of drug-likeness (QED) is 0.610. The summed E-state index contributed by atoms with van der Waals surface area (Å²) in [4.78, 5) is 3.30. The van der Waals surface area contributed by atoms with E-state index in [-0.39, 0.29) is 5.41 Å². The van der Waals surface area contributed by atoms with Gasteiger partial charge < -0.3 is 10.6 Å². The lowest BCUT2D eigenvalue weighted by Gasteiger charge is -2.33. The molecule has 0 aliphatic carbocycles. The lowest BCUT2D eigenvalue weighted by Crippen LogP contribution is -2.39. The van der Waals surface area contributed by atoms with Crippen LogP contribution in [0.15, 0.2) is 0 Å². The van der Waals surface area contributed by atoms with E-state index in [0.717, 1.165) is 24.9 Å². The molecule has 0 aromatic carbocycles. The van der Waals surface area contributed by atoms with Gasteiger partial charge in [0.05, 0.1) is 4.99 Å². The molecule has 0 heterocycles. The van der Waals surface area contributed by atoms with Crippen molar-refractivity contribution < 1.29 is 0 Å². The Kier molecular flexibility index (Phi) is 8.84. The van der Waals surface area contributed by atoms with Gasteiger partial charge in [-0.3, -0.25) is 0 Å². The zero-order chi connectivity index (χ0) is 15.1. The van der Waals surface area contributed by atoms with Crippen LogP contribution in [0, 0.1) is 11.3 Å². The van der Waals surface area contributed by atoms with Crippen molar-refractivity contribution in [3.05, 3.63) is 0 Å². The third kappa shape index (κ3) is 7.26. The summed E-state index contributed by atoms with van der Waals surface area (Å²) in [7, 11) is 0. The minimum absolute atomic E-state index is 0.00718. The van der Waals surface area contributed by atoms with Crippen LogP contribution in [0.25, 0.3) is 0 Å². The summed E-state index contributed by atoms with van der Waals surface area (Å²) < 4.78 is 0. The maximum atomic E-state index is 5.80. The average molecular weight is 287 g/mol.